The smallest absolute Gasteiger partial charge is 0.142 e. The van der Waals surface area contributed by atoms with Crippen LogP contribution in [0.2, 0.25) is 0 Å². The normalized spacial score (nSPS) is 10.0. The van der Waals surface area contributed by atoms with Crippen LogP contribution >= 0.6 is 0 Å². The van der Waals surface area contributed by atoms with Gasteiger partial charge in [0, 0.05) is 19.7 Å². The van der Waals surface area contributed by atoms with Crippen molar-refractivity contribution in [3.05, 3.63) is 41.7 Å². The molecule has 2 N–H and O–H groups in total. The molecule has 0 spiro atoms. The predicted molar refractivity (Wildman–Crippen MR) is 68.0 cm³/mol. The van der Waals surface area contributed by atoms with Crippen LogP contribution in [0.25, 0.3) is 0 Å². The summed E-state index contributed by atoms with van der Waals surface area (Å²) >= 11 is 0. The zero-order valence-corrected chi connectivity index (χ0v) is 10.1. The van der Waals surface area contributed by atoms with E-state index in [1.165, 1.54) is 0 Å². The maximum atomic E-state index is 8.72. The van der Waals surface area contributed by atoms with Crippen LogP contribution in [0.15, 0.2) is 30.6 Å². The molecule has 2 rings (SSSR count). The maximum Gasteiger partial charge on any atom is 0.142 e. The minimum atomic E-state index is 0.486. The first-order valence-electron chi connectivity index (χ1n) is 5.59. The summed E-state index contributed by atoms with van der Waals surface area (Å²) in [4.78, 5) is 0. The summed E-state index contributed by atoms with van der Waals surface area (Å²) in [5, 5.41) is 12.8. The van der Waals surface area contributed by atoms with Gasteiger partial charge in [0.15, 0.2) is 0 Å². The van der Waals surface area contributed by atoms with E-state index < -0.39 is 0 Å². The van der Waals surface area contributed by atoms with Gasteiger partial charge < -0.3 is 10.5 Å². The number of ether oxygens (including phenoxy) is 1. The number of nitrogens with zero attached hydrogens (tertiary/aromatic N) is 3. The van der Waals surface area contributed by atoms with E-state index in [1.54, 1.807) is 22.9 Å². The van der Waals surface area contributed by atoms with Crippen LogP contribution in [0, 0.1) is 11.3 Å². The second-order valence-electron chi connectivity index (χ2n) is 3.99. The van der Waals surface area contributed by atoms with E-state index in [0.29, 0.717) is 23.6 Å². The number of nitriles is 1. The van der Waals surface area contributed by atoms with Crippen molar-refractivity contribution in [2.24, 2.45) is 7.05 Å². The maximum absolute atomic E-state index is 8.72. The number of rotatable bonds is 4. The Kier molecular flexibility index (Phi) is 3.49. The fourth-order valence-corrected chi connectivity index (χ4v) is 1.63. The first kappa shape index (κ1) is 12.0. The van der Waals surface area contributed by atoms with Crippen LogP contribution in [-0.4, -0.2) is 16.4 Å². The summed E-state index contributed by atoms with van der Waals surface area (Å²) in [6, 6.07) is 7.05. The van der Waals surface area contributed by atoms with Crippen molar-refractivity contribution in [1.82, 2.24) is 9.78 Å². The van der Waals surface area contributed by atoms with Crippen molar-refractivity contribution < 1.29 is 4.74 Å². The SMILES string of the molecule is Cn1cc(CCOc2ccc(C#N)cc2N)cn1. The van der Waals surface area contributed by atoms with Gasteiger partial charge in [-0.1, -0.05) is 0 Å². The molecule has 0 atom stereocenters. The summed E-state index contributed by atoms with van der Waals surface area (Å²) in [5.41, 5.74) is 7.92. The molecule has 5 nitrogen and oxygen atoms in total. The minimum Gasteiger partial charge on any atom is -0.491 e. The van der Waals surface area contributed by atoms with Gasteiger partial charge >= 0.3 is 0 Å². The number of aromatic nitrogens is 2. The van der Waals surface area contributed by atoms with Gasteiger partial charge in [-0.15, -0.1) is 0 Å². The Morgan fingerprint density at radius 3 is 2.94 bits per heavy atom. The van der Waals surface area contributed by atoms with Crippen molar-refractivity contribution in [3.63, 3.8) is 0 Å². The van der Waals surface area contributed by atoms with Crippen molar-refractivity contribution >= 4 is 5.69 Å². The molecule has 0 aliphatic carbocycles. The fourth-order valence-electron chi connectivity index (χ4n) is 1.63. The molecule has 0 aliphatic heterocycles. The lowest BCUT2D eigenvalue weighted by atomic mass is 10.2. The molecule has 0 bridgehead atoms. The third-order valence-electron chi connectivity index (χ3n) is 2.55. The molecular weight excluding hydrogens is 228 g/mol. The molecule has 1 aromatic carbocycles. The van der Waals surface area contributed by atoms with E-state index in [1.807, 2.05) is 25.5 Å². The highest BCUT2D eigenvalue weighted by molar-refractivity contribution is 5.56. The minimum absolute atomic E-state index is 0.486. The molecule has 1 heterocycles. The molecule has 92 valence electrons. The molecule has 0 amide bonds. The quantitative estimate of drug-likeness (QED) is 0.824. The average molecular weight is 242 g/mol. The molecule has 0 aliphatic rings. The third-order valence-corrected chi connectivity index (χ3v) is 2.55. The Morgan fingerprint density at radius 1 is 1.50 bits per heavy atom. The Morgan fingerprint density at radius 2 is 2.33 bits per heavy atom. The predicted octanol–water partition coefficient (Wildman–Crippen LogP) is 1.50. The molecule has 1 aromatic heterocycles. The molecule has 0 saturated heterocycles. The van der Waals surface area contributed by atoms with E-state index in [4.69, 9.17) is 15.7 Å². The van der Waals surface area contributed by atoms with Crippen molar-refractivity contribution in [2.45, 2.75) is 6.42 Å². The Hall–Kier alpha value is -2.48. The van der Waals surface area contributed by atoms with E-state index in [9.17, 15) is 0 Å². The van der Waals surface area contributed by atoms with Crippen LogP contribution in [-0.2, 0) is 13.5 Å². The summed E-state index contributed by atoms with van der Waals surface area (Å²) < 4.78 is 7.33. The van der Waals surface area contributed by atoms with Crippen LogP contribution in [0.1, 0.15) is 11.1 Å². The first-order valence-corrected chi connectivity index (χ1v) is 5.59. The Bertz CT molecular complexity index is 583. The number of nitrogens with two attached hydrogens (primary N) is 1. The Balaban J connectivity index is 1.92. The number of aryl methyl sites for hydroxylation is 1. The number of hydrogen-bond acceptors (Lipinski definition) is 4. The second-order valence-corrected chi connectivity index (χ2v) is 3.99. The monoisotopic (exact) mass is 242 g/mol. The van der Waals surface area contributed by atoms with Gasteiger partial charge in [0.05, 0.1) is 30.1 Å². The molecule has 0 fully saturated rings. The first-order chi connectivity index (χ1) is 8.69. The third kappa shape index (κ3) is 2.80. The molecule has 0 radical (unpaired) electrons. The molecule has 2 aromatic rings. The van der Waals surface area contributed by atoms with Crippen molar-refractivity contribution in [3.8, 4) is 11.8 Å². The van der Waals surface area contributed by atoms with Crippen molar-refractivity contribution in [1.29, 1.82) is 5.26 Å². The standard InChI is InChI=1S/C13H14N4O/c1-17-9-11(8-16-17)4-5-18-13-3-2-10(7-14)6-12(13)15/h2-3,6,8-9H,4-5,15H2,1H3. The highest BCUT2D eigenvalue weighted by Gasteiger charge is 2.02. The van der Waals surface area contributed by atoms with Crippen LogP contribution in [0.5, 0.6) is 5.75 Å². The lowest BCUT2D eigenvalue weighted by Gasteiger charge is -2.08. The number of hydrogen-bond donors (Lipinski definition) is 1. The fraction of sp³-hybridized carbons (Fsp3) is 0.231. The van der Waals surface area contributed by atoms with Gasteiger partial charge in [-0.25, -0.2) is 0 Å². The van der Waals surface area contributed by atoms with E-state index in [-0.39, 0.29) is 0 Å². The summed E-state index contributed by atoms with van der Waals surface area (Å²) in [6.07, 6.45) is 4.53. The van der Waals surface area contributed by atoms with Gasteiger partial charge in [-0.05, 0) is 23.8 Å². The summed E-state index contributed by atoms with van der Waals surface area (Å²) in [7, 11) is 1.88. The molecule has 0 saturated carbocycles. The van der Waals surface area contributed by atoms with Gasteiger partial charge in [0.25, 0.3) is 0 Å². The van der Waals surface area contributed by atoms with Gasteiger partial charge in [-0.3, -0.25) is 4.68 Å². The lowest BCUT2D eigenvalue weighted by Crippen LogP contribution is -2.03. The molecule has 18 heavy (non-hydrogen) atoms. The number of nitrogen functional groups attached to an aromatic ring is 1. The van der Waals surface area contributed by atoms with Gasteiger partial charge in [-0.2, -0.15) is 10.4 Å². The topological polar surface area (TPSA) is 76.9 Å². The van der Waals surface area contributed by atoms with Crippen LogP contribution in [0.4, 0.5) is 5.69 Å². The van der Waals surface area contributed by atoms with Crippen LogP contribution < -0.4 is 10.5 Å². The summed E-state index contributed by atoms with van der Waals surface area (Å²) in [5.74, 6) is 0.609. The van der Waals surface area contributed by atoms with Gasteiger partial charge in [0.1, 0.15) is 5.75 Å². The van der Waals surface area contributed by atoms with E-state index >= 15 is 0 Å². The number of anilines is 1. The van der Waals surface area contributed by atoms with Gasteiger partial charge in [0.2, 0.25) is 0 Å². The second kappa shape index (κ2) is 5.23. The van der Waals surface area contributed by atoms with E-state index in [2.05, 4.69) is 5.10 Å². The Labute approximate surface area is 105 Å². The van der Waals surface area contributed by atoms with Crippen molar-refractivity contribution in [2.75, 3.05) is 12.3 Å². The summed E-state index contributed by atoms with van der Waals surface area (Å²) in [6.45, 7) is 0.530. The zero-order chi connectivity index (χ0) is 13.0. The molecule has 0 unspecified atom stereocenters. The highest BCUT2D eigenvalue weighted by atomic mass is 16.5. The molecule has 5 heteroatoms. The molecular formula is C13H14N4O. The van der Waals surface area contributed by atoms with E-state index in [0.717, 1.165) is 12.0 Å². The zero-order valence-electron chi connectivity index (χ0n) is 10.1. The highest BCUT2D eigenvalue weighted by Crippen LogP contribution is 2.22. The lowest BCUT2D eigenvalue weighted by molar-refractivity contribution is 0.323. The average Bonchev–Trinajstić information content (AvgIpc) is 2.77. The number of benzene rings is 1. The largest absolute Gasteiger partial charge is 0.491 e. The van der Waals surface area contributed by atoms with Crippen LogP contribution in [0.3, 0.4) is 0 Å².